The van der Waals surface area contributed by atoms with Gasteiger partial charge >= 0.3 is 0 Å². The number of fused-ring (bicyclic) bond motifs is 6. The van der Waals surface area contributed by atoms with E-state index in [1.807, 2.05) is 13.8 Å². The number of aromatic nitrogens is 2. The van der Waals surface area contributed by atoms with Gasteiger partial charge in [0.1, 0.15) is 0 Å². The molecule has 586 valence electrons. The predicted octanol–water partition coefficient (Wildman–Crippen LogP) is 33.9. The second-order valence-electron chi connectivity index (χ2n) is 31.5. The summed E-state index contributed by atoms with van der Waals surface area (Å²) in [5.74, 6) is 0. The summed E-state index contributed by atoms with van der Waals surface area (Å²) in [5.41, 5.74) is 41.0. The first-order valence-corrected chi connectivity index (χ1v) is 43.0. The van der Waals surface area contributed by atoms with E-state index in [9.17, 15) is 0 Å². The average molecular weight is 1580 g/mol. The smallest absolute Gasteiger partial charge is 0.0541 e. The van der Waals surface area contributed by atoms with Gasteiger partial charge in [0.25, 0.3) is 0 Å². The van der Waals surface area contributed by atoms with Gasteiger partial charge in [-0.05, 0) is 229 Å². The van der Waals surface area contributed by atoms with Crippen LogP contribution in [0.4, 0.5) is 0 Å². The highest BCUT2D eigenvalue weighted by Gasteiger charge is 2.20. The van der Waals surface area contributed by atoms with Crippen LogP contribution in [0.5, 0.6) is 0 Å². The molecule has 0 unspecified atom stereocenters. The zero-order valence-electron chi connectivity index (χ0n) is 69.2. The topological polar surface area (TPSA) is 9.86 Å². The minimum atomic E-state index is 1.13. The van der Waals surface area contributed by atoms with Crippen LogP contribution in [0.3, 0.4) is 0 Å². The lowest BCUT2D eigenvalue weighted by atomic mass is 9.96. The van der Waals surface area contributed by atoms with E-state index in [2.05, 4.69) is 507 Å². The summed E-state index contributed by atoms with van der Waals surface area (Å²) in [6.07, 6.45) is 0. The van der Waals surface area contributed by atoms with Crippen LogP contribution in [0.1, 0.15) is 13.8 Å². The van der Waals surface area contributed by atoms with E-state index in [4.69, 9.17) is 0 Å². The van der Waals surface area contributed by atoms with Crippen molar-refractivity contribution in [1.29, 1.82) is 0 Å². The van der Waals surface area contributed by atoms with Crippen molar-refractivity contribution in [2.24, 2.45) is 0 Å². The molecule has 0 saturated heterocycles. The maximum atomic E-state index is 2.42. The summed E-state index contributed by atoms with van der Waals surface area (Å²) in [6.45, 7) is 4.00. The minimum absolute atomic E-state index is 1.13. The van der Waals surface area contributed by atoms with Crippen molar-refractivity contribution in [3.05, 3.63) is 497 Å². The highest BCUT2D eigenvalue weighted by molar-refractivity contribution is 6.13. The lowest BCUT2D eigenvalue weighted by Crippen LogP contribution is -1.94. The molecule has 0 spiro atoms. The van der Waals surface area contributed by atoms with Gasteiger partial charge in [-0.1, -0.05) is 438 Å². The Kier molecular flexibility index (Phi) is 21.5. The third-order valence-electron chi connectivity index (χ3n) is 24.2. The van der Waals surface area contributed by atoms with Gasteiger partial charge in [0.2, 0.25) is 0 Å². The lowest BCUT2D eigenvalue weighted by Gasteiger charge is -2.11. The third kappa shape index (κ3) is 15.8. The fraction of sp³-hybridized carbons (Fsp3) is 0.0164. The number of hydrogen-bond donors (Lipinski definition) is 0. The van der Waals surface area contributed by atoms with Crippen LogP contribution < -0.4 is 0 Å². The molecule has 0 saturated carbocycles. The summed E-state index contributed by atoms with van der Waals surface area (Å²) in [6, 6.07) is 181. The van der Waals surface area contributed by atoms with E-state index in [-0.39, 0.29) is 0 Å². The molecule has 22 aromatic rings. The molecule has 0 radical (unpaired) electrons. The standard InChI is InChI=1S/C66H45N.C54H37N.C2H6/c1-4-10-46(11-5-1)49-16-22-52(23-17-49)54-28-32-58(33-29-54)60-38-42-65-63(44-60)64-45-61(59-34-30-55(31-35-59)53-24-18-50(19-25-53)47-12-6-2-7-13-47)39-43-66(64)67(65)62-40-36-57(37-41-62)56-26-20-51(21-27-56)48-14-8-3-9-15-48;1-4-10-38(11-5-1)41-16-18-44(19-17-41)45-28-32-50(33-29-45)55-53-34-30-48(46-24-20-42(21-25-46)39-12-6-2-7-13-39)36-51(53)52-37-49(31-35-54(52)55)47-26-22-43(23-27-47)40-14-8-3-9-15-40;1-2/h1-45H;1-37H;1-2H3. The number of nitrogens with zero attached hydrogens (tertiary/aromatic N) is 2. The summed E-state index contributed by atoms with van der Waals surface area (Å²) in [5, 5.41) is 4.93. The first kappa shape index (κ1) is 76.7. The molecule has 22 rings (SSSR count). The fourth-order valence-corrected chi connectivity index (χ4v) is 17.6. The maximum Gasteiger partial charge on any atom is 0.0541 e. The Morgan fingerprint density at radius 3 is 0.347 bits per heavy atom. The third-order valence-corrected chi connectivity index (χ3v) is 24.2. The normalized spacial score (nSPS) is 11.1. The molecule has 0 fully saturated rings. The average Bonchev–Trinajstić information content (AvgIpc) is 1.59. The largest absolute Gasteiger partial charge is 0.309 e. The van der Waals surface area contributed by atoms with Gasteiger partial charge in [-0.3, -0.25) is 0 Å². The van der Waals surface area contributed by atoms with Crippen LogP contribution in [0.15, 0.2) is 497 Å². The highest BCUT2D eigenvalue weighted by atomic mass is 15.0. The summed E-state index contributed by atoms with van der Waals surface area (Å²) >= 11 is 0. The molecule has 2 heteroatoms. The Morgan fingerprint density at radius 1 is 0.105 bits per heavy atom. The molecule has 0 bridgehead atoms. The Morgan fingerprint density at radius 2 is 0.210 bits per heavy atom. The molecule has 0 amide bonds. The van der Waals surface area contributed by atoms with E-state index in [0.29, 0.717) is 0 Å². The van der Waals surface area contributed by atoms with Gasteiger partial charge in [-0.15, -0.1) is 0 Å². The van der Waals surface area contributed by atoms with Crippen LogP contribution in [0.2, 0.25) is 0 Å². The van der Waals surface area contributed by atoms with E-state index in [1.54, 1.807) is 0 Å². The van der Waals surface area contributed by atoms with Gasteiger partial charge in [-0.2, -0.15) is 0 Å². The van der Waals surface area contributed by atoms with Gasteiger partial charge < -0.3 is 9.13 Å². The van der Waals surface area contributed by atoms with Crippen LogP contribution in [0, 0.1) is 0 Å². The second-order valence-corrected chi connectivity index (χ2v) is 31.5. The van der Waals surface area contributed by atoms with Gasteiger partial charge in [0.15, 0.2) is 0 Å². The van der Waals surface area contributed by atoms with Gasteiger partial charge in [-0.25, -0.2) is 0 Å². The molecule has 124 heavy (non-hydrogen) atoms. The molecule has 2 heterocycles. The Balaban J connectivity index is 0.000000157. The molecule has 0 N–H and O–H groups in total. The van der Waals surface area contributed by atoms with Crippen LogP contribution in [0.25, 0.3) is 211 Å². The van der Waals surface area contributed by atoms with Crippen molar-refractivity contribution in [2.45, 2.75) is 13.8 Å². The van der Waals surface area contributed by atoms with Crippen molar-refractivity contribution in [2.75, 3.05) is 0 Å². The maximum absolute atomic E-state index is 2.42. The van der Waals surface area contributed by atoms with Crippen molar-refractivity contribution in [3.8, 4) is 167 Å². The van der Waals surface area contributed by atoms with Crippen LogP contribution in [-0.4, -0.2) is 9.13 Å². The molecular formula is C122H88N2. The van der Waals surface area contributed by atoms with E-state index >= 15 is 0 Å². The zero-order valence-corrected chi connectivity index (χ0v) is 69.2. The van der Waals surface area contributed by atoms with Crippen LogP contribution in [-0.2, 0) is 0 Å². The summed E-state index contributed by atoms with van der Waals surface area (Å²) < 4.78 is 4.84. The first-order valence-electron chi connectivity index (χ1n) is 43.0. The fourth-order valence-electron chi connectivity index (χ4n) is 17.6. The highest BCUT2D eigenvalue weighted by Crippen LogP contribution is 2.43. The van der Waals surface area contributed by atoms with Crippen LogP contribution >= 0.6 is 0 Å². The number of rotatable bonds is 16. The molecule has 0 aliphatic heterocycles. The zero-order chi connectivity index (χ0) is 83.1. The Hall–Kier alpha value is -16.0. The predicted molar refractivity (Wildman–Crippen MR) is 529 cm³/mol. The molecule has 20 aromatic carbocycles. The number of hydrogen-bond acceptors (Lipinski definition) is 0. The summed E-state index contributed by atoms with van der Waals surface area (Å²) in [4.78, 5) is 0. The molecule has 0 atom stereocenters. The molecule has 0 aliphatic rings. The molecular weight excluding hydrogens is 1490 g/mol. The van der Waals surface area contributed by atoms with E-state index in [0.717, 1.165) is 11.4 Å². The first-order chi connectivity index (χ1) is 61.4. The quantitative estimate of drug-likeness (QED) is 0.0912. The lowest BCUT2D eigenvalue weighted by molar-refractivity contribution is 1.18. The Bertz CT molecular complexity index is 7090. The summed E-state index contributed by atoms with van der Waals surface area (Å²) in [7, 11) is 0. The minimum Gasteiger partial charge on any atom is -0.309 e. The monoisotopic (exact) mass is 1580 g/mol. The SMILES string of the molecule is CC.c1ccc(-c2ccc(-c3ccc(-c4ccc5c(c4)c4cc(-c6ccc(-c7ccc(-c8ccccc8)cc7)cc6)ccc4n5-c4ccc(-c5ccc(-c6ccccc6)cc5)cc4)cc3)cc2)cc1.c1ccc(-c2ccc(-c3ccc(-n4c5ccc(-c6ccc(-c7ccccc7)cc6)cc5c5cc(-c6ccc(-c7ccccc7)cc6)ccc54)cc3)cc2)cc1. The van der Waals surface area contributed by atoms with Crippen molar-refractivity contribution >= 4 is 43.6 Å². The van der Waals surface area contributed by atoms with Crippen molar-refractivity contribution in [1.82, 2.24) is 9.13 Å². The van der Waals surface area contributed by atoms with Gasteiger partial charge in [0, 0.05) is 32.9 Å². The molecule has 0 aliphatic carbocycles. The second kappa shape index (κ2) is 34.8. The van der Waals surface area contributed by atoms with Gasteiger partial charge in [0.05, 0.1) is 22.1 Å². The molecule has 2 aromatic heterocycles. The van der Waals surface area contributed by atoms with E-state index in [1.165, 1.54) is 199 Å². The number of benzene rings is 20. The van der Waals surface area contributed by atoms with Crippen molar-refractivity contribution in [3.63, 3.8) is 0 Å². The van der Waals surface area contributed by atoms with E-state index < -0.39 is 0 Å². The Labute approximate surface area is 726 Å². The van der Waals surface area contributed by atoms with Crippen molar-refractivity contribution < 1.29 is 0 Å². The molecule has 2 nitrogen and oxygen atoms in total.